The molecule has 0 radical (unpaired) electrons. The number of aromatic hydroxyl groups is 1. The Morgan fingerprint density at radius 2 is 2.05 bits per heavy atom. The first-order valence-electron chi connectivity index (χ1n) is 8.62. The zero-order valence-corrected chi connectivity index (χ0v) is 13.7. The van der Waals surface area contributed by atoms with Gasteiger partial charge in [-0.1, -0.05) is 19.1 Å². The average molecular weight is 298 g/mol. The third kappa shape index (κ3) is 1.79. The molecule has 0 aromatic heterocycles. The Morgan fingerprint density at radius 3 is 2.82 bits per heavy atom. The summed E-state index contributed by atoms with van der Waals surface area (Å²) in [5.41, 5.74) is 4.63. The van der Waals surface area contributed by atoms with Crippen LogP contribution in [-0.2, 0) is 6.42 Å². The van der Waals surface area contributed by atoms with Gasteiger partial charge < -0.3 is 9.84 Å². The van der Waals surface area contributed by atoms with Crippen LogP contribution >= 0.6 is 0 Å². The van der Waals surface area contributed by atoms with E-state index in [4.69, 9.17) is 4.74 Å². The Hall–Kier alpha value is -1.44. The van der Waals surface area contributed by atoms with Crippen molar-refractivity contribution in [1.82, 2.24) is 0 Å². The molecule has 0 heterocycles. The summed E-state index contributed by atoms with van der Waals surface area (Å²) in [4.78, 5) is 0. The molecule has 1 aromatic rings. The van der Waals surface area contributed by atoms with E-state index < -0.39 is 0 Å². The lowest BCUT2D eigenvalue weighted by molar-refractivity contribution is 0.0815. The largest absolute Gasteiger partial charge is 0.504 e. The van der Waals surface area contributed by atoms with Crippen molar-refractivity contribution in [1.29, 1.82) is 0 Å². The molecule has 2 saturated carbocycles. The van der Waals surface area contributed by atoms with Gasteiger partial charge in [0, 0.05) is 0 Å². The third-order valence-corrected chi connectivity index (χ3v) is 6.98. The number of hydrogen-bond acceptors (Lipinski definition) is 2. The first-order valence-corrected chi connectivity index (χ1v) is 8.62. The molecule has 4 atom stereocenters. The zero-order valence-electron chi connectivity index (χ0n) is 13.7. The van der Waals surface area contributed by atoms with Gasteiger partial charge in [-0.05, 0) is 85.0 Å². The molecule has 2 nitrogen and oxygen atoms in total. The van der Waals surface area contributed by atoms with Gasteiger partial charge in [0.05, 0.1) is 7.11 Å². The fourth-order valence-electron chi connectivity index (χ4n) is 5.66. The van der Waals surface area contributed by atoms with E-state index >= 15 is 0 Å². The van der Waals surface area contributed by atoms with Gasteiger partial charge in [-0.3, -0.25) is 0 Å². The Kier molecular flexibility index (Phi) is 3.08. The predicted octanol–water partition coefficient (Wildman–Crippen LogP) is 4.81. The van der Waals surface area contributed by atoms with Crippen LogP contribution < -0.4 is 4.74 Å². The first kappa shape index (κ1) is 14.2. The van der Waals surface area contributed by atoms with Crippen LogP contribution in [0.5, 0.6) is 11.5 Å². The number of rotatable bonds is 1. The molecule has 0 spiro atoms. The lowest BCUT2D eigenvalue weighted by Crippen LogP contribution is -2.40. The Labute approximate surface area is 133 Å². The number of phenols is 1. The molecule has 22 heavy (non-hydrogen) atoms. The van der Waals surface area contributed by atoms with Gasteiger partial charge in [0.25, 0.3) is 0 Å². The van der Waals surface area contributed by atoms with E-state index in [2.05, 4.69) is 19.6 Å². The summed E-state index contributed by atoms with van der Waals surface area (Å²) in [7, 11) is 1.64. The van der Waals surface area contributed by atoms with Gasteiger partial charge in [-0.15, -0.1) is 0 Å². The standard InChI is InChI=1S/C20H26O2/c1-12-4-7-17-15-6-5-13-10-18(21)19(22-3)11-16(13)14(15)8-9-20(12,17)2/h10-11,14-15,17,21H,1,4-9H2,2-3H3. The highest BCUT2D eigenvalue weighted by atomic mass is 16.5. The molecule has 0 bridgehead atoms. The van der Waals surface area contributed by atoms with Gasteiger partial charge in [0.1, 0.15) is 0 Å². The highest BCUT2D eigenvalue weighted by molar-refractivity contribution is 5.49. The summed E-state index contributed by atoms with van der Waals surface area (Å²) >= 11 is 0. The van der Waals surface area contributed by atoms with Crippen LogP contribution in [0.1, 0.15) is 56.1 Å². The van der Waals surface area contributed by atoms with Crippen molar-refractivity contribution in [3.63, 3.8) is 0 Å². The number of aryl methyl sites for hydroxylation is 1. The molecule has 0 amide bonds. The van der Waals surface area contributed by atoms with Crippen LogP contribution in [0.25, 0.3) is 0 Å². The Morgan fingerprint density at radius 1 is 1.23 bits per heavy atom. The summed E-state index contributed by atoms with van der Waals surface area (Å²) in [6.07, 6.45) is 7.40. The lowest BCUT2D eigenvalue weighted by atomic mass is 9.55. The molecule has 3 aliphatic carbocycles. The van der Waals surface area contributed by atoms with E-state index in [1.165, 1.54) is 48.8 Å². The van der Waals surface area contributed by atoms with E-state index in [1.54, 1.807) is 7.11 Å². The van der Waals surface area contributed by atoms with E-state index in [1.807, 2.05) is 6.07 Å². The summed E-state index contributed by atoms with van der Waals surface area (Å²) in [6, 6.07) is 4.04. The molecule has 2 fully saturated rings. The second-order valence-corrected chi connectivity index (χ2v) is 7.74. The summed E-state index contributed by atoms with van der Waals surface area (Å²) < 4.78 is 5.35. The van der Waals surface area contributed by atoms with Crippen molar-refractivity contribution in [3.8, 4) is 11.5 Å². The quantitative estimate of drug-likeness (QED) is 0.754. The monoisotopic (exact) mass is 298 g/mol. The van der Waals surface area contributed by atoms with E-state index in [0.29, 0.717) is 17.1 Å². The summed E-state index contributed by atoms with van der Waals surface area (Å²) in [5.74, 6) is 3.13. The van der Waals surface area contributed by atoms with Crippen LogP contribution in [0.15, 0.2) is 24.3 Å². The molecular formula is C20H26O2. The number of fused-ring (bicyclic) bond motifs is 5. The van der Waals surface area contributed by atoms with Crippen LogP contribution in [0.3, 0.4) is 0 Å². The second-order valence-electron chi connectivity index (χ2n) is 7.74. The summed E-state index contributed by atoms with van der Waals surface area (Å²) in [5, 5.41) is 10.1. The molecule has 2 heteroatoms. The fraction of sp³-hybridized carbons (Fsp3) is 0.600. The average Bonchev–Trinajstić information content (AvgIpc) is 2.82. The SMILES string of the molecule is C=C1CCC2C3CCc4cc(O)c(OC)cc4C3CCC12C. The fourth-order valence-corrected chi connectivity index (χ4v) is 5.66. The first-order chi connectivity index (χ1) is 10.5. The number of hydrogen-bond donors (Lipinski definition) is 1. The number of phenolic OH excluding ortho intramolecular Hbond substituents is 1. The molecular weight excluding hydrogens is 272 g/mol. The van der Waals surface area contributed by atoms with Crippen LogP contribution in [0.4, 0.5) is 0 Å². The molecule has 3 aliphatic rings. The van der Waals surface area contributed by atoms with Crippen molar-refractivity contribution in [3.05, 3.63) is 35.4 Å². The van der Waals surface area contributed by atoms with Crippen molar-refractivity contribution in [2.24, 2.45) is 17.3 Å². The maximum absolute atomic E-state index is 10.1. The maximum Gasteiger partial charge on any atom is 0.160 e. The zero-order chi connectivity index (χ0) is 15.5. The van der Waals surface area contributed by atoms with Gasteiger partial charge >= 0.3 is 0 Å². The predicted molar refractivity (Wildman–Crippen MR) is 88.4 cm³/mol. The van der Waals surface area contributed by atoms with Gasteiger partial charge in [0.15, 0.2) is 11.5 Å². The van der Waals surface area contributed by atoms with E-state index in [0.717, 1.165) is 18.3 Å². The van der Waals surface area contributed by atoms with Crippen LogP contribution in [0, 0.1) is 17.3 Å². The molecule has 1 N–H and O–H groups in total. The number of ether oxygens (including phenoxy) is 1. The minimum absolute atomic E-state index is 0.287. The van der Waals surface area contributed by atoms with Crippen molar-refractivity contribution >= 4 is 0 Å². The van der Waals surface area contributed by atoms with Crippen molar-refractivity contribution in [2.45, 2.75) is 51.4 Å². The second kappa shape index (κ2) is 4.78. The molecule has 0 aliphatic heterocycles. The van der Waals surface area contributed by atoms with E-state index in [9.17, 15) is 5.11 Å². The van der Waals surface area contributed by atoms with Gasteiger partial charge in [-0.25, -0.2) is 0 Å². The molecule has 1 aromatic carbocycles. The minimum atomic E-state index is 0.287. The highest BCUT2D eigenvalue weighted by Gasteiger charge is 2.51. The lowest BCUT2D eigenvalue weighted by Gasteiger charge is -2.49. The molecule has 0 saturated heterocycles. The van der Waals surface area contributed by atoms with Gasteiger partial charge in [-0.2, -0.15) is 0 Å². The van der Waals surface area contributed by atoms with Gasteiger partial charge in [0.2, 0.25) is 0 Å². The molecule has 4 unspecified atom stereocenters. The Bertz CT molecular complexity index is 633. The summed E-state index contributed by atoms with van der Waals surface area (Å²) in [6.45, 7) is 6.83. The van der Waals surface area contributed by atoms with Crippen LogP contribution in [0.2, 0.25) is 0 Å². The Balaban J connectivity index is 1.74. The van der Waals surface area contributed by atoms with Crippen molar-refractivity contribution < 1.29 is 9.84 Å². The molecule has 4 rings (SSSR count). The number of allylic oxidation sites excluding steroid dienone is 1. The molecule has 118 valence electrons. The number of benzene rings is 1. The minimum Gasteiger partial charge on any atom is -0.504 e. The van der Waals surface area contributed by atoms with Crippen molar-refractivity contribution in [2.75, 3.05) is 7.11 Å². The normalized spacial score (nSPS) is 36.5. The highest BCUT2D eigenvalue weighted by Crippen LogP contribution is 2.62. The third-order valence-electron chi connectivity index (χ3n) is 6.98. The topological polar surface area (TPSA) is 29.5 Å². The van der Waals surface area contributed by atoms with Crippen LogP contribution in [-0.4, -0.2) is 12.2 Å². The number of methoxy groups -OCH3 is 1. The van der Waals surface area contributed by atoms with E-state index in [-0.39, 0.29) is 5.75 Å². The smallest absolute Gasteiger partial charge is 0.160 e. The maximum atomic E-state index is 10.1.